The molecule has 1 amide bonds. The highest BCUT2D eigenvalue weighted by Crippen LogP contribution is 2.11. The molecule has 2 aromatic rings. The first-order valence-corrected chi connectivity index (χ1v) is 7.09. The molecule has 1 unspecified atom stereocenters. The lowest BCUT2D eigenvalue weighted by molar-refractivity contribution is -0.137. The summed E-state index contributed by atoms with van der Waals surface area (Å²) in [5.74, 6) is -1.29. The third-order valence-electron chi connectivity index (χ3n) is 3.21. The largest absolute Gasteiger partial charge is 0.481 e. The van der Waals surface area contributed by atoms with E-state index in [-0.39, 0.29) is 24.1 Å². The standard InChI is InChI=1S/C15H17FN4O3/c1-9(3-8-13(21)22)17-15(23)14-18-10(2)20(19-14)12-6-4-11(16)5-7-12/h4-7,9H,3,8H2,1-2H3,(H,17,23)(H,21,22). The smallest absolute Gasteiger partial charge is 0.303 e. The molecule has 2 rings (SSSR count). The molecule has 23 heavy (non-hydrogen) atoms. The van der Waals surface area contributed by atoms with E-state index in [9.17, 15) is 14.0 Å². The van der Waals surface area contributed by atoms with E-state index >= 15 is 0 Å². The van der Waals surface area contributed by atoms with E-state index in [1.165, 1.54) is 28.9 Å². The van der Waals surface area contributed by atoms with Crippen LogP contribution in [-0.4, -0.2) is 37.8 Å². The lowest BCUT2D eigenvalue weighted by Gasteiger charge is -2.10. The zero-order valence-corrected chi connectivity index (χ0v) is 12.8. The molecule has 8 heteroatoms. The SMILES string of the molecule is Cc1nc(C(=O)NC(C)CCC(=O)O)nn1-c1ccc(F)cc1. The first-order valence-electron chi connectivity index (χ1n) is 7.09. The Morgan fingerprint density at radius 3 is 2.61 bits per heavy atom. The molecule has 1 aromatic heterocycles. The van der Waals surface area contributed by atoms with Crippen molar-refractivity contribution in [2.45, 2.75) is 32.7 Å². The monoisotopic (exact) mass is 320 g/mol. The lowest BCUT2D eigenvalue weighted by atomic mass is 10.2. The Kier molecular flexibility index (Phi) is 5.05. The summed E-state index contributed by atoms with van der Waals surface area (Å²) < 4.78 is 14.4. The fourth-order valence-electron chi connectivity index (χ4n) is 2.01. The highest BCUT2D eigenvalue weighted by atomic mass is 19.1. The summed E-state index contributed by atoms with van der Waals surface area (Å²) in [7, 11) is 0. The van der Waals surface area contributed by atoms with Gasteiger partial charge in [-0.15, -0.1) is 5.10 Å². The first-order chi connectivity index (χ1) is 10.9. The van der Waals surface area contributed by atoms with Crippen LogP contribution in [0.25, 0.3) is 5.69 Å². The number of carbonyl (C=O) groups excluding carboxylic acids is 1. The number of nitrogens with zero attached hydrogens (tertiary/aromatic N) is 3. The molecule has 1 atom stereocenters. The molecule has 7 nitrogen and oxygen atoms in total. The number of benzene rings is 1. The molecular formula is C15H17FN4O3. The summed E-state index contributed by atoms with van der Waals surface area (Å²) in [6, 6.07) is 5.35. The Morgan fingerprint density at radius 1 is 1.35 bits per heavy atom. The van der Waals surface area contributed by atoms with E-state index in [0.717, 1.165) is 0 Å². The van der Waals surface area contributed by atoms with Crippen LogP contribution in [0.2, 0.25) is 0 Å². The van der Waals surface area contributed by atoms with Gasteiger partial charge in [0.25, 0.3) is 5.91 Å². The molecule has 0 aliphatic heterocycles. The van der Waals surface area contributed by atoms with Crippen LogP contribution in [-0.2, 0) is 4.79 Å². The van der Waals surface area contributed by atoms with Crippen molar-refractivity contribution in [1.82, 2.24) is 20.1 Å². The third kappa shape index (κ3) is 4.35. The maximum atomic E-state index is 13.0. The molecule has 0 spiro atoms. The number of hydrogen-bond donors (Lipinski definition) is 2. The Balaban J connectivity index is 2.09. The van der Waals surface area contributed by atoms with Crippen LogP contribution >= 0.6 is 0 Å². The highest BCUT2D eigenvalue weighted by Gasteiger charge is 2.17. The summed E-state index contributed by atoms with van der Waals surface area (Å²) in [6.07, 6.45) is 0.288. The van der Waals surface area contributed by atoms with E-state index in [4.69, 9.17) is 5.11 Å². The van der Waals surface area contributed by atoms with Crippen molar-refractivity contribution in [2.75, 3.05) is 0 Å². The van der Waals surface area contributed by atoms with Crippen molar-refractivity contribution in [2.24, 2.45) is 0 Å². The van der Waals surface area contributed by atoms with Crippen molar-refractivity contribution in [1.29, 1.82) is 0 Å². The second kappa shape index (κ2) is 6.99. The second-order valence-corrected chi connectivity index (χ2v) is 5.18. The van der Waals surface area contributed by atoms with Crippen molar-refractivity contribution >= 4 is 11.9 Å². The normalized spacial score (nSPS) is 12.0. The van der Waals surface area contributed by atoms with Gasteiger partial charge in [-0.25, -0.2) is 14.1 Å². The molecule has 122 valence electrons. The molecule has 0 aliphatic carbocycles. The average Bonchev–Trinajstić information content (AvgIpc) is 2.88. The molecule has 1 heterocycles. The fourth-order valence-corrected chi connectivity index (χ4v) is 2.01. The Labute approximate surface area is 132 Å². The highest BCUT2D eigenvalue weighted by molar-refractivity contribution is 5.90. The van der Waals surface area contributed by atoms with Crippen LogP contribution in [0.1, 0.15) is 36.2 Å². The second-order valence-electron chi connectivity index (χ2n) is 5.18. The van der Waals surface area contributed by atoms with Gasteiger partial charge >= 0.3 is 5.97 Å². The van der Waals surface area contributed by atoms with E-state index < -0.39 is 11.9 Å². The van der Waals surface area contributed by atoms with E-state index in [1.54, 1.807) is 13.8 Å². The predicted octanol–water partition coefficient (Wildman–Crippen LogP) is 1.70. The summed E-state index contributed by atoms with van der Waals surface area (Å²) in [4.78, 5) is 26.7. The minimum Gasteiger partial charge on any atom is -0.481 e. The number of rotatable bonds is 6. The third-order valence-corrected chi connectivity index (χ3v) is 3.21. The number of nitrogens with one attached hydrogen (secondary N) is 1. The lowest BCUT2D eigenvalue weighted by Crippen LogP contribution is -2.33. The maximum Gasteiger partial charge on any atom is 0.303 e. The number of aliphatic carboxylic acids is 1. The Hall–Kier alpha value is -2.77. The van der Waals surface area contributed by atoms with Crippen LogP contribution in [0.15, 0.2) is 24.3 Å². The van der Waals surface area contributed by atoms with Gasteiger partial charge in [0, 0.05) is 12.5 Å². The molecule has 0 bridgehead atoms. The van der Waals surface area contributed by atoms with Crippen molar-refractivity contribution < 1.29 is 19.1 Å². The van der Waals surface area contributed by atoms with Crippen LogP contribution in [0.3, 0.4) is 0 Å². The summed E-state index contributed by atoms with van der Waals surface area (Å²) in [5, 5.41) is 15.4. The molecule has 0 saturated carbocycles. The van der Waals surface area contributed by atoms with Gasteiger partial charge < -0.3 is 10.4 Å². The number of aromatic nitrogens is 3. The Bertz CT molecular complexity index is 712. The zero-order chi connectivity index (χ0) is 17.0. The number of carbonyl (C=O) groups is 2. The van der Waals surface area contributed by atoms with Gasteiger partial charge in [0.05, 0.1) is 5.69 Å². The summed E-state index contributed by atoms with van der Waals surface area (Å²) in [5.41, 5.74) is 0.592. The van der Waals surface area contributed by atoms with E-state index in [0.29, 0.717) is 17.9 Å². The molecule has 1 aromatic carbocycles. The number of aryl methyl sites for hydroxylation is 1. The minimum atomic E-state index is -0.916. The molecular weight excluding hydrogens is 303 g/mol. The summed E-state index contributed by atoms with van der Waals surface area (Å²) in [6.45, 7) is 3.39. The fraction of sp³-hybridized carbons (Fsp3) is 0.333. The van der Waals surface area contributed by atoms with Crippen molar-refractivity contribution in [3.63, 3.8) is 0 Å². The number of carboxylic acids is 1. The van der Waals surface area contributed by atoms with Gasteiger partial charge in [-0.05, 0) is 44.5 Å². The van der Waals surface area contributed by atoms with Crippen LogP contribution in [0.4, 0.5) is 4.39 Å². The summed E-state index contributed by atoms with van der Waals surface area (Å²) >= 11 is 0. The molecule has 0 saturated heterocycles. The van der Waals surface area contributed by atoms with Gasteiger partial charge in [-0.3, -0.25) is 9.59 Å². The van der Waals surface area contributed by atoms with Crippen LogP contribution < -0.4 is 5.32 Å². The number of halogens is 1. The average molecular weight is 320 g/mol. The number of hydrogen-bond acceptors (Lipinski definition) is 4. The van der Waals surface area contributed by atoms with E-state index in [2.05, 4.69) is 15.4 Å². The first kappa shape index (κ1) is 16.6. The quantitative estimate of drug-likeness (QED) is 0.844. The molecule has 0 fully saturated rings. The molecule has 0 aliphatic rings. The maximum absolute atomic E-state index is 13.0. The molecule has 0 radical (unpaired) electrons. The van der Waals surface area contributed by atoms with Crippen LogP contribution in [0.5, 0.6) is 0 Å². The van der Waals surface area contributed by atoms with Crippen molar-refractivity contribution in [3.05, 3.63) is 41.7 Å². The van der Waals surface area contributed by atoms with Gasteiger partial charge in [-0.1, -0.05) is 0 Å². The van der Waals surface area contributed by atoms with Gasteiger partial charge in [0.1, 0.15) is 11.6 Å². The number of carboxylic acid groups (broad SMARTS) is 1. The van der Waals surface area contributed by atoms with Gasteiger partial charge in [-0.2, -0.15) is 0 Å². The number of amides is 1. The van der Waals surface area contributed by atoms with Gasteiger partial charge in [0.15, 0.2) is 0 Å². The molecule has 2 N–H and O–H groups in total. The Morgan fingerprint density at radius 2 is 2.00 bits per heavy atom. The van der Waals surface area contributed by atoms with E-state index in [1.807, 2.05) is 0 Å². The zero-order valence-electron chi connectivity index (χ0n) is 12.8. The minimum absolute atomic E-state index is 0.0194. The predicted molar refractivity (Wildman–Crippen MR) is 79.9 cm³/mol. The van der Waals surface area contributed by atoms with Crippen molar-refractivity contribution in [3.8, 4) is 5.69 Å². The van der Waals surface area contributed by atoms with Gasteiger partial charge in [0.2, 0.25) is 5.82 Å². The van der Waals surface area contributed by atoms with Crippen LogP contribution in [0, 0.1) is 12.7 Å². The topological polar surface area (TPSA) is 97.1 Å².